The highest BCUT2D eigenvalue weighted by atomic mass is 32.2. The van der Waals surface area contributed by atoms with Crippen molar-refractivity contribution in [1.29, 1.82) is 0 Å². The lowest BCUT2D eigenvalue weighted by Crippen LogP contribution is -2.17. The minimum absolute atomic E-state index is 0.0370. The van der Waals surface area contributed by atoms with Crippen molar-refractivity contribution in [3.8, 4) is 0 Å². The Labute approximate surface area is 159 Å². The zero-order chi connectivity index (χ0) is 19.4. The predicted molar refractivity (Wildman–Crippen MR) is 105 cm³/mol. The van der Waals surface area contributed by atoms with Gasteiger partial charge in [0.1, 0.15) is 0 Å². The first-order chi connectivity index (χ1) is 12.9. The maximum Gasteiger partial charge on any atom is 0.271 e. The minimum atomic E-state index is -0.485. The van der Waals surface area contributed by atoms with Crippen LogP contribution in [-0.2, 0) is 0 Å². The molecule has 0 radical (unpaired) electrons. The summed E-state index contributed by atoms with van der Waals surface area (Å²) in [6.45, 7) is 4.16. The molecule has 0 aliphatic heterocycles. The number of hydrazone groups is 1. The van der Waals surface area contributed by atoms with E-state index in [-0.39, 0.29) is 11.6 Å². The molecule has 27 heavy (non-hydrogen) atoms. The van der Waals surface area contributed by atoms with Gasteiger partial charge in [-0.3, -0.25) is 14.9 Å². The van der Waals surface area contributed by atoms with E-state index in [0.717, 1.165) is 16.2 Å². The molecule has 1 heterocycles. The van der Waals surface area contributed by atoms with Crippen molar-refractivity contribution in [2.24, 2.45) is 5.10 Å². The predicted octanol–water partition coefficient (Wildman–Crippen LogP) is 3.74. The van der Waals surface area contributed by atoms with Gasteiger partial charge in [0, 0.05) is 28.5 Å². The normalized spacial score (nSPS) is 11.4. The van der Waals surface area contributed by atoms with E-state index in [1.807, 2.05) is 0 Å². The molecule has 2 aromatic carbocycles. The fourth-order valence-electron chi connectivity index (χ4n) is 2.36. The third-order valence-electron chi connectivity index (χ3n) is 3.53. The van der Waals surface area contributed by atoms with E-state index >= 15 is 0 Å². The van der Waals surface area contributed by atoms with Gasteiger partial charge < -0.3 is 4.98 Å². The Hall–Kier alpha value is -3.20. The highest BCUT2D eigenvalue weighted by Gasteiger charge is 2.10. The number of aromatic nitrogens is 2. The quantitative estimate of drug-likeness (QED) is 0.291. The number of rotatable bonds is 6. The summed E-state index contributed by atoms with van der Waals surface area (Å²) in [5.74, 6) is -0.383. The van der Waals surface area contributed by atoms with Crippen molar-refractivity contribution in [1.82, 2.24) is 15.4 Å². The number of nitro benzene ring substituents is 1. The van der Waals surface area contributed by atoms with Crippen LogP contribution >= 0.6 is 11.8 Å². The van der Waals surface area contributed by atoms with Crippen LogP contribution in [0.5, 0.6) is 0 Å². The number of fused-ring (bicyclic) bond motifs is 1. The number of nitrogens with zero attached hydrogens (tertiary/aromatic N) is 3. The summed E-state index contributed by atoms with van der Waals surface area (Å²) >= 11 is 1.61. The Morgan fingerprint density at radius 1 is 1.33 bits per heavy atom. The van der Waals surface area contributed by atoms with Gasteiger partial charge in [-0.2, -0.15) is 5.10 Å². The van der Waals surface area contributed by atoms with Gasteiger partial charge in [-0.05, 0) is 18.2 Å². The number of H-pyrrole nitrogens is 1. The number of aromatic amines is 1. The van der Waals surface area contributed by atoms with Crippen LogP contribution in [0.4, 0.5) is 5.69 Å². The molecule has 8 nitrogen and oxygen atoms in total. The molecule has 0 saturated heterocycles. The van der Waals surface area contributed by atoms with E-state index < -0.39 is 4.92 Å². The molecule has 2 N–H and O–H groups in total. The molecule has 138 valence electrons. The lowest BCUT2D eigenvalue weighted by molar-refractivity contribution is -0.384. The average molecular weight is 383 g/mol. The van der Waals surface area contributed by atoms with Gasteiger partial charge in [-0.25, -0.2) is 10.4 Å². The second kappa shape index (κ2) is 8.00. The monoisotopic (exact) mass is 383 g/mol. The summed E-state index contributed by atoms with van der Waals surface area (Å²) in [5, 5.41) is 15.8. The Kier molecular flexibility index (Phi) is 5.51. The SMILES string of the molecule is CC(C)Sc1nc2ccc(C(=O)N/N=C\c3cccc([N+](=O)[O-])c3)cc2[nH]1. The first-order valence-electron chi connectivity index (χ1n) is 8.16. The summed E-state index contributed by atoms with van der Waals surface area (Å²) in [6, 6.07) is 11.1. The van der Waals surface area contributed by atoms with Crippen LogP contribution < -0.4 is 5.43 Å². The van der Waals surface area contributed by atoms with Crippen LogP contribution in [0.2, 0.25) is 0 Å². The van der Waals surface area contributed by atoms with E-state index in [4.69, 9.17) is 0 Å². The Balaban J connectivity index is 1.70. The number of amides is 1. The number of carbonyl (C=O) groups excluding carboxylic acids is 1. The molecule has 0 fully saturated rings. The maximum absolute atomic E-state index is 12.3. The number of imidazole rings is 1. The number of hydrogen-bond donors (Lipinski definition) is 2. The lowest BCUT2D eigenvalue weighted by atomic mass is 10.2. The van der Waals surface area contributed by atoms with Crippen molar-refractivity contribution in [3.05, 3.63) is 63.7 Å². The first-order valence-corrected chi connectivity index (χ1v) is 9.04. The zero-order valence-electron chi connectivity index (χ0n) is 14.7. The molecule has 3 rings (SSSR count). The number of thioether (sulfide) groups is 1. The van der Waals surface area contributed by atoms with Gasteiger partial charge in [0.2, 0.25) is 0 Å². The fraction of sp³-hybridized carbons (Fsp3) is 0.167. The van der Waals surface area contributed by atoms with E-state index in [9.17, 15) is 14.9 Å². The first kappa shape index (κ1) is 18.6. The molecule has 1 amide bonds. The minimum Gasteiger partial charge on any atom is -0.333 e. The average Bonchev–Trinajstić information content (AvgIpc) is 3.02. The molecule has 0 aliphatic carbocycles. The Morgan fingerprint density at radius 3 is 2.89 bits per heavy atom. The molecule has 9 heteroatoms. The maximum atomic E-state index is 12.3. The molecule has 3 aromatic rings. The van der Waals surface area contributed by atoms with Gasteiger partial charge in [-0.15, -0.1) is 0 Å². The van der Waals surface area contributed by atoms with Crippen LogP contribution in [0.15, 0.2) is 52.7 Å². The Morgan fingerprint density at radius 2 is 2.15 bits per heavy atom. The zero-order valence-corrected chi connectivity index (χ0v) is 15.5. The van der Waals surface area contributed by atoms with Gasteiger partial charge >= 0.3 is 0 Å². The molecular formula is C18H17N5O3S. The number of carbonyl (C=O) groups is 1. The van der Waals surface area contributed by atoms with Crippen LogP contribution in [0, 0.1) is 10.1 Å². The third-order valence-corrected chi connectivity index (χ3v) is 4.42. The van der Waals surface area contributed by atoms with E-state index in [0.29, 0.717) is 16.4 Å². The summed E-state index contributed by atoms with van der Waals surface area (Å²) in [6.07, 6.45) is 1.36. The molecule has 0 atom stereocenters. The van der Waals surface area contributed by atoms with Crippen molar-refractivity contribution in [3.63, 3.8) is 0 Å². The summed E-state index contributed by atoms with van der Waals surface area (Å²) < 4.78 is 0. The summed E-state index contributed by atoms with van der Waals surface area (Å²) in [5.41, 5.74) is 4.89. The van der Waals surface area contributed by atoms with Gasteiger partial charge in [0.15, 0.2) is 5.16 Å². The van der Waals surface area contributed by atoms with Crippen LogP contribution in [0.3, 0.4) is 0 Å². The number of benzene rings is 2. The molecule has 0 saturated carbocycles. The number of hydrogen-bond acceptors (Lipinski definition) is 6. The number of nitrogens with one attached hydrogen (secondary N) is 2. The van der Waals surface area contributed by atoms with Crippen molar-refractivity contribution in [2.75, 3.05) is 0 Å². The topological polar surface area (TPSA) is 113 Å². The lowest BCUT2D eigenvalue weighted by Gasteiger charge is -2.00. The fourth-order valence-corrected chi connectivity index (χ4v) is 3.12. The molecule has 0 bridgehead atoms. The summed E-state index contributed by atoms with van der Waals surface area (Å²) in [4.78, 5) is 30.2. The van der Waals surface area contributed by atoms with E-state index in [1.165, 1.54) is 18.3 Å². The second-order valence-electron chi connectivity index (χ2n) is 5.99. The Bertz CT molecular complexity index is 1030. The second-order valence-corrected chi connectivity index (χ2v) is 7.56. The van der Waals surface area contributed by atoms with Gasteiger partial charge in [0.25, 0.3) is 11.6 Å². The van der Waals surface area contributed by atoms with Crippen molar-refractivity contribution >= 4 is 40.6 Å². The number of non-ortho nitro benzene ring substituents is 1. The van der Waals surface area contributed by atoms with Gasteiger partial charge in [-0.1, -0.05) is 37.7 Å². The number of nitro groups is 1. The van der Waals surface area contributed by atoms with Gasteiger partial charge in [0.05, 0.1) is 22.2 Å². The molecule has 0 aliphatic rings. The van der Waals surface area contributed by atoms with E-state index in [2.05, 4.69) is 34.3 Å². The van der Waals surface area contributed by atoms with E-state index in [1.54, 1.807) is 42.1 Å². The third kappa shape index (κ3) is 4.70. The van der Waals surface area contributed by atoms with Crippen LogP contribution in [0.1, 0.15) is 29.8 Å². The molecule has 0 spiro atoms. The largest absolute Gasteiger partial charge is 0.333 e. The van der Waals surface area contributed by atoms with Crippen molar-refractivity contribution < 1.29 is 9.72 Å². The molecular weight excluding hydrogens is 366 g/mol. The standard InChI is InChI=1S/C18H17N5O3S/c1-11(2)27-18-20-15-7-6-13(9-16(15)21-18)17(24)22-19-10-12-4-3-5-14(8-12)23(25)26/h3-11H,1-2H3,(H,20,21)(H,22,24)/b19-10-. The highest BCUT2D eigenvalue weighted by Crippen LogP contribution is 2.23. The smallest absolute Gasteiger partial charge is 0.271 e. The highest BCUT2D eigenvalue weighted by molar-refractivity contribution is 7.99. The van der Waals surface area contributed by atoms with Crippen LogP contribution in [0.25, 0.3) is 11.0 Å². The van der Waals surface area contributed by atoms with Crippen LogP contribution in [-0.4, -0.2) is 32.3 Å². The summed E-state index contributed by atoms with van der Waals surface area (Å²) in [7, 11) is 0. The van der Waals surface area contributed by atoms with Crippen molar-refractivity contribution in [2.45, 2.75) is 24.3 Å². The molecule has 1 aromatic heterocycles. The molecule has 0 unspecified atom stereocenters.